The van der Waals surface area contributed by atoms with Crippen LogP contribution in [0, 0.1) is 0 Å². The van der Waals surface area contributed by atoms with E-state index in [1.54, 1.807) is 0 Å². The zero-order valence-corrected chi connectivity index (χ0v) is 28.8. The van der Waals surface area contributed by atoms with Crippen LogP contribution in [0.15, 0.2) is 0 Å². The van der Waals surface area contributed by atoms with Crippen LogP contribution in [0.4, 0.5) is 0 Å². The number of nitrogens with zero attached hydrogens (tertiary/aromatic N) is 3. The minimum Gasteiger partial charge on any atom is -0.659 e. The van der Waals surface area contributed by atoms with E-state index >= 15 is 0 Å². The Hall–Kier alpha value is 0.820. The zero-order valence-electron chi connectivity index (χ0n) is 25.8. The summed E-state index contributed by atoms with van der Waals surface area (Å²) in [5.41, 5.74) is 0.256. The second-order valence-corrected chi connectivity index (χ2v) is 23.5. The fraction of sp³-hybridized carbons (Fsp3) is 1.00. The van der Waals surface area contributed by atoms with Crippen molar-refractivity contribution in [1.82, 2.24) is 4.90 Å². The second kappa shape index (κ2) is 15.0. The number of hydrogen-bond acceptors (Lipinski definition) is 1. The molecule has 0 spiro atoms. The van der Waals surface area contributed by atoms with Crippen LogP contribution < -0.4 is 0 Å². The van der Waals surface area contributed by atoms with Gasteiger partial charge in [0, 0.05) is 0 Å². The van der Waals surface area contributed by atoms with Crippen LogP contribution in [0.2, 0.25) is 36.3 Å². The van der Waals surface area contributed by atoms with Crippen LogP contribution in [0.5, 0.6) is 0 Å². The molecule has 0 aliphatic rings. The van der Waals surface area contributed by atoms with Gasteiger partial charge in [0.15, 0.2) is 0 Å². The molecule has 0 aliphatic carbocycles. The van der Waals surface area contributed by atoms with E-state index in [9.17, 15) is 0 Å². The normalized spacial score (nSPS) is 13.5. The SMILES string of the molecule is CC(C)(C)[N-][Si](C)(C)C(C)(C)C.CC(C)(C)[N-][Si](C)(C)C(C)(C)C.CCN(CC)CC.[Co+3]. The van der Waals surface area contributed by atoms with Crippen molar-refractivity contribution < 1.29 is 16.8 Å². The summed E-state index contributed by atoms with van der Waals surface area (Å²) in [6.07, 6.45) is 0. The quantitative estimate of drug-likeness (QED) is 0.324. The standard InChI is InChI=1S/2C10H24NSi.C6H15N.Co/c2*1-9(2,3)11-12(7,8)10(4,5)6;1-4-7(5-2)6-3;/h2*1-8H3;4-6H2,1-3H3;/q2*-1;;+3. The van der Waals surface area contributed by atoms with Crippen LogP contribution in [0.1, 0.15) is 104 Å². The van der Waals surface area contributed by atoms with E-state index in [0.717, 1.165) is 0 Å². The summed E-state index contributed by atoms with van der Waals surface area (Å²) in [4.78, 5) is 12.3. The van der Waals surface area contributed by atoms with E-state index in [0.29, 0.717) is 10.1 Å². The summed E-state index contributed by atoms with van der Waals surface area (Å²) in [6.45, 7) is 46.4. The third-order valence-corrected chi connectivity index (χ3v) is 16.0. The Kier molecular flexibility index (Phi) is 18.8. The maximum atomic E-state index is 4.95. The maximum Gasteiger partial charge on any atom is 3.00 e. The monoisotopic (exact) mass is 532 g/mol. The van der Waals surface area contributed by atoms with E-state index in [-0.39, 0.29) is 27.9 Å². The van der Waals surface area contributed by atoms with Gasteiger partial charge in [0.05, 0.1) is 0 Å². The Morgan fingerprint density at radius 3 is 0.719 bits per heavy atom. The molecule has 0 N–H and O–H groups in total. The molecular weight excluding hydrogens is 469 g/mol. The Bertz CT molecular complexity index is 418. The van der Waals surface area contributed by atoms with Crippen LogP contribution in [0.25, 0.3) is 9.96 Å². The van der Waals surface area contributed by atoms with Gasteiger partial charge < -0.3 is 14.9 Å². The third kappa shape index (κ3) is 20.2. The van der Waals surface area contributed by atoms with Crippen LogP contribution in [-0.2, 0) is 16.8 Å². The van der Waals surface area contributed by atoms with Crippen molar-refractivity contribution in [3.63, 3.8) is 0 Å². The van der Waals surface area contributed by atoms with Gasteiger partial charge in [0.25, 0.3) is 0 Å². The summed E-state index contributed by atoms with van der Waals surface area (Å²) in [6, 6.07) is 0. The fourth-order valence-electron chi connectivity index (χ4n) is 2.68. The average Bonchev–Trinajstić information content (AvgIpc) is 2.43. The molecular formula is C26H63CoN3Si2+. The molecule has 0 heterocycles. The first kappa shape index (κ1) is 40.0. The van der Waals surface area contributed by atoms with Crippen molar-refractivity contribution in [2.75, 3.05) is 19.6 Å². The second-order valence-electron chi connectivity index (χ2n) is 13.8. The van der Waals surface area contributed by atoms with E-state index in [2.05, 4.69) is 135 Å². The molecule has 0 saturated carbocycles. The van der Waals surface area contributed by atoms with Crippen LogP contribution >= 0.6 is 0 Å². The van der Waals surface area contributed by atoms with Crippen molar-refractivity contribution in [2.45, 2.75) is 151 Å². The number of hydrogen-bond donors (Lipinski definition) is 0. The molecule has 0 aromatic rings. The van der Waals surface area contributed by atoms with Crippen molar-refractivity contribution in [3.8, 4) is 0 Å². The molecule has 0 bridgehead atoms. The molecule has 6 heteroatoms. The molecule has 198 valence electrons. The Balaban J connectivity index is -0.000000188. The average molecular weight is 533 g/mol. The predicted octanol–water partition coefficient (Wildman–Crippen LogP) is 9.67. The molecule has 0 aromatic carbocycles. The fourth-order valence-corrected chi connectivity index (χ4v) is 6.71. The Labute approximate surface area is 218 Å². The van der Waals surface area contributed by atoms with Gasteiger partial charge in [-0.25, -0.2) is 0 Å². The Morgan fingerprint density at radius 2 is 0.688 bits per heavy atom. The zero-order chi connectivity index (χ0) is 26.1. The largest absolute Gasteiger partial charge is 3.00 e. The van der Waals surface area contributed by atoms with Gasteiger partial charge in [0.2, 0.25) is 0 Å². The van der Waals surface area contributed by atoms with Crippen LogP contribution in [0.3, 0.4) is 0 Å². The van der Waals surface area contributed by atoms with Gasteiger partial charge in [-0.1, -0.05) is 157 Å². The maximum absolute atomic E-state index is 4.95. The third-order valence-electron chi connectivity index (χ3n) is 6.24. The van der Waals surface area contributed by atoms with Gasteiger partial charge in [-0.2, -0.15) is 0 Å². The summed E-state index contributed by atoms with van der Waals surface area (Å²) in [5.74, 6) is 0. The molecule has 3 nitrogen and oxygen atoms in total. The molecule has 0 unspecified atom stereocenters. The first-order valence-corrected chi connectivity index (χ1v) is 18.4. The van der Waals surface area contributed by atoms with Crippen molar-refractivity contribution >= 4 is 16.5 Å². The van der Waals surface area contributed by atoms with Crippen molar-refractivity contribution in [1.29, 1.82) is 0 Å². The summed E-state index contributed by atoms with van der Waals surface area (Å²) >= 11 is 0. The smallest absolute Gasteiger partial charge is 0.659 e. The topological polar surface area (TPSA) is 31.4 Å². The summed E-state index contributed by atoms with van der Waals surface area (Å²) < 4.78 is 0. The van der Waals surface area contributed by atoms with Crippen LogP contribution in [-0.4, -0.2) is 52.1 Å². The molecule has 0 saturated heterocycles. The molecule has 0 rings (SSSR count). The molecule has 0 amide bonds. The Morgan fingerprint density at radius 1 is 0.500 bits per heavy atom. The molecule has 32 heavy (non-hydrogen) atoms. The van der Waals surface area contributed by atoms with Gasteiger partial charge >= 0.3 is 16.8 Å². The minimum absolute atomic E-state index is 0. The first-order valence-electron chi connectivity index (χ1n) is 12.5. The van der Waals surface area contributed by atoms with E-state index in [4.69, 9.17) is 9.96 Å². The summed E-state index contributed by atoms with van der Waals surface area (Å²) in [7, 11) is -2.83. The van der Waals surface area contributed by atoms with Gasteiger partial charge in [-0.05, 0) is 19.6 Å². The van der Waals surface area contributed by atoms with Gasteiger partial charge in [-0.3, -0.25) is 0 Å². The molecule has 0 aliphatic heterocycles. The minimum atomic E-state index is -1.42. The molecule has 0 radical (unpaired) electrons. The predicted molar refractivity (Wildman–Crippen MR) is 154 cm³/mol. The van der Waals surface area contributed by atoms with E-state index in [1.807, 2.05) is 0 Å². The number of rotatable bonds is 5. The van der Waals surface area contributed by atoms with Crippen molar-refractivity contribution in [2.24, 2.45) is 0 Å². The van der Waals surface area contributed by atoms with E-state index < -0.39 is 16.5 Å². The van der Waals surface area contributed by atoms with Crippen molar-refractivity contribution in [3.05, 3.63) is 9.96 Å². The van der Waals surface area contributed by atoms with Gasteiger partial charge in [0.1, 0.15) is 0 Å². The molecule has 0 aromatic heterocycles. The van der Waals surface area contributed by atoms with Gasteiger partial charge in [-0.15, -0.1) is 11.1 Å². The molecule has 0 atom stereocenters. The summed E-state index contributed by atoms with van der Waals surface area (Å²) in [5, 5.41) is 0.751. The van der Waals surface area contributed by atoms with E-state index in [1.165, 1.54) is 19.6 Å². The molecule has 0 fully saturated rings. The first-order chi connectivity index (χ1) is 13.3.